The molecule has 1 N–H and O–H groups in total. The lowest BCUT2D eigenvalue weighted by Gasteiger charge is -2.18. The normalized spacial score (nSPS) is 20.8. The third kappa shape index (κ3) is 4.01. The van der Waals surface area contributed by atoms with Crippen LogP contribution in [-0.2, 0) is 22.6 Å². The number of carbonyl (C=O) groups is 1. The van der Waals surface area contributed by atoms with Crippen molar-refractivity contribution in [3.63, 3.8) is 0 Å². The van der Waals surface area contributed by atoms with Crippen molar-refractivity contribution >= 4 is 11.6 Å². The third-order valence-electron chi connectivity index (χ3n) is 4.01. The lowest BCUT2D eigenvalue weighted by Crippen LogP contribution is -2.26. The molecule has 3 rings (SSSR count). The summed E-state index contributed by atoms with van der Waals surface area (Å²) in [5.41, 5.74) is 0.221. The van der Waals surface area contributed by atoms with Crippen molar-refractivity contribution in [2.24, 2.45) is 5.92 Å². The lowest BCUT2D eigenvalue weighted by molar-refractivity contribution is -0.142. The van der Waals surface area contributed by atoms with Crippen LogP contribution in [0.3, 0.4) is 0 Å². The highest BCUT2D eigenvalue weighted by atomic mass is 19.4. The van der Waals surface area contributed by atoms with E-state index in [0.717, 1.165) is 10.9 Å². The van der Waals surface area contributed by atoms with Crippen molar-refractivity contribution in [3.8, 4) is 0 Å². The molecule has 25 heavy (non-hydrogen) atoms. The SMILES string of the molecule is CCn1ccnc1[C@@H]1OCC[C@H]1C(=O)Nc1cnn(CC(F)(F)F)c1. The van der Waals surface area contributed by atoms with Gasteiger partial charge in [-0.25, -0.2) is 4.98 Å². The molecule has 0 spiro atoms. The number of hydrogen-bond acceptors (Lipinski definition) is 4. The zero-order valence-corrected chi connectivity index (χ0v) is 13.5. The minimum atomic E-state index is -4.37. The summed E-state index contributed by atoms with van der Waals surface area (Å²) < 4.78 is 45.4. The van der Waals surface area contributed by atoms with Gasteiger partial charge in [-0.3, -0.25) is 9.48 Å². The van der Waals surface area contributed by atoms with Gasteiger partial charge >= 0.3 is 6.18 Å². The molecule has 2 aromatic rings. The van der Waals surface area contributed by atoms with Crippen molar-refractivity contribution < 1.29 is 22.7 Å². The number of alkyl halides is 3. The maximum absolute atomic E-state index is 12.5. The Morgan fingerprint density at radius 2 is 2.28 bits per heavy atom. The first kappa shape index (κ1) is 17.5. The van der Waals surface area contributed by atoms with Gasteiger partial charge in [0.05, 0.1) is 17.8 Å². The summed E-state index contributed by atoms with van der Waals surface area (Å²) in [6.07, 6.45) is 1.49. The summed E-state index contributed by atoms with van der Waals surface area (Å²) in [5.74, 6) is -0.105. The van der Waals surface area contributed by atoms with Crippen LogP contribution in [0.5, 0.6) is 0 Å². The van der Waals surface area contributed by atoms with Gasteiger partial charge in [-0.15, -0.1) is 0 Å². The maximum Gasteiger partial charge on any atom is 0.408 e. The van der Waals surface area contributed by atoms with Crippen LogP contribution in [0.25, 0.3) is 0 Å². The molecule has 136 valence electrons. The summed E-state index contributed by atoms with van der Waals surface area (Å²) in [7, 11) is 0. The molecule has 1 aliphatic rings. The highest BCUT2D eigenvalue weighted by molar-refractivity contribution is 5.92. The summed E-state index contributed by atoms with van der Waals surface area (Å²) >= 11 is 0. The largest absolute Gasteiger partial charge is 0.408 e. The van der Waals surface area contributed by atoms with Crippen molar-refractivity contribution in [3.05, 3.63) is 30.6 Å². The molecule has 0 radical (unpaired) electrons. The Morgan fingerprint density at radius 3 is 3.00 bits per heavy atom. The van der Waals surface area contributed by atoms with Gasteiger partial charge in [-0.05, 0) is 13.3 Å². The van der Waals surface area contributed by atoms with E-state index in [-0.39, 0.29) is 11.6 Å². The van der Waals surface area contributed by atoms with Gasteiger partial charge < -0.3 is 14.6 Å². The highest BCUT2D eigenvalue weighted by Gasteiger charge is 2.38. The molecule has 0 aromatic carbocycles. The smallest absolute Gasteiger partial charge is 0.369 e. The van der Waals surface area contributed by atoms with E-state index >= 15 is 0 Å². The average molecular weight is 357 g/mol. The second-order valence-corrected chi connectivity index (χ2v) is 5.79. The fraction of sp³-hybridized carbons (Fsp3) is 0.533. The molecule has 0 aliphatic carbocycles. The summed E-state index contributed by atoms with van der Waals surface area (Å²) in [5, 5.41) is 6.22. The molecule has 0 saturated carbocycles. The first-order valence-electron chi connectivity index (χ1n) is 7.90. The summed E-state index contributed by atoms with van der Waals surface area (Å²) in [6, 6.07) is 0. The molecule has 1 saturated heterocycles. The molecule has 1 fully saturated rings. The molecule has 1 aliphatic heterocycles. The molecular formula is C15H18F3N5O2. The minimum absolute atomic E-state index is 0.221. The molecule has 7 nitrogen and oxygen atoms in total. The van der Waals surface area contributed by atoms with E-state index in [1.165, 1.54) is 6.20 Å². The Morgan fingerprint density at radius 1 is 1.48 bits per heavy atom. The Hall–Kier alpha value is -2.36. The lowest BCUT2D eigenvalue weighted by atomic mass is 9.99. The zero-order valence-electron chi connectivity index (χ0n) is 13.5. The van der Waals surface area contributed by atoms with Crippen LogP contribution < -0.4 is 5.32 Å². The van der Waals surface area contributed by atoms with Crippen LogP contribution >= 0.6 is 0 Å². The van der Waals surface area contributed by atoms with E-state index in [0.29, 0.717) is 25.4 Å². The number of imidazole rings is 1. The molecule has 0 bridgehead atoms. The number of aryl methyl sites for hydroxylation is 1. The maximum atomic E-state index is 12.5. The number of anilines is 1. The monoisotopic (exact) mass is 357 g/mol. The predicted octanol–water partition coefficient (Wildman–Crippen LogP) is 2.38. The van der Waals surface area contributed by atoms with Gasteiger partial charge in [0.2, 0.25) is 5.91 Å². The van der Waals surface area contributed by atoms with Crippen LogP contribution in [0.1, 0.15) is 25.3 Å². The number of aromatic nitrogens is 4. The van der Waals surface area contributed by atoms with Gasteiger partial charge in [0, 0.05) is 31.7 Å². The number of nitrogens with zero attached hydrogens (tertiary/aromatic N) is 4. The highest BCUT2D eigenvalue weighted by Crippen LogP contribution is 2.34. The van der Waals surface area contributed by atoms with Crippen LogP contribution in [0.4, 0.5) is 18.9 Å². The van der Waals surface area contributed by atoms with Crippen LogP contribution in [0.15, 0.2) is 24.8 Å². The van der Waals surface area contributed by atoms with Gasteiger partial charge in [0.25, 0.3) is 0 Å². The number of carbonyl (C=O) groups excluding carboxylic acids is 1. The van der Waals surface area contributed by atoms with Crippen LogP contribution in [0, 0.1) is 5.92 Å². The van der Waals surface area contributed by atoms with Crippen LogP contribution in [0.2, 0.25) is 0 Å². The fourth-order valence-electron chi connectivity index (χ4n) is 2.89. The molecule has 2 aromatic heterocycles. The van der Waals surface area contributed by atoms with Gasteiger partial charge in [-0.1, -0.05) is 0 Å². The fourth-order valence-corrected chi connectivity index (χ4v) is 2.89. The molecule has 10 heteroatoms. The van der Waals surface area contributed by atoms with E-state index in [9.17, 15) is 18.0 Å². The third-order valence-corrected chi connectivity index (χ3v) is 4.01. The second kappa shape index (κ2) is 6.87. The molecule has 0 unspecified atom stereocenters. The van der Waals surface area contributed by atoms with Crippen molar-refractivity contribution in [1.82, 2.24) is 19.3 Å². The van der Waals surface area contributed by atoms with Crippen molar-refractivity contribution in [1.29, 1.82) is 0 Å². The topological polar surface area (TPSA) is 74.0 Å². The van der Waals surface area contributed by atoms with Crippen molar-refractivity contribution in [2.45, 2.75) is 38.7 Å². The summed E-state index contributed by atoms with van der Waals surface area (Å²) in [4.78, 5) is 16.8. The Labute approximate surface area is 141 Å². The number of rotatable bonds is 5. The minimum Gasteiger partial charge on any atom is -0.369 e. The number of ether oxygens (including phenoxy) is 1. The second-order valence-electron chi connectivity index (χ2n) is 5.79. The van der Waals surface area contributed by atoms with Gasteiger partial charge in [0.15, 0.2) is 0 Å². The van der Waals surface area contributed by atoms with E-state index < -0.39 is 24.7 Å². The number of hydrogen-bond donors (Lipinski definition) is 1. The first-order chi connectivity index (χ1) is 11.9. The van der Waals surface area contributed by atoms with E-state index in [4.69, 9.17) is 4.74 Å². The standard InChI is InChI=1S/C15H18F3N5O2/c1-2-22-5-4-19-13(22)12-11(3-6-25-12)14(24)21-10-7-20-23(8-10)9-15(16,17)18/h4-5,7-8,11-12H,2-3,6,9H2,1H3,(H,21,24)/t11-,12-/m1/s1. The van der Waals surface area contributed by atoms with E-state index in [1.54, 1.807) is 6.20 Å². The summed E-state index contributed by atoms with van der Waals surface area (Å²) in [6.45, 7) is 1.89. The number of nitrogens with one attached hydrogen (secondary N) is 1. The number of halogens is 3. The molecule has 3 heterocycles. The van der Waals surface area contributed by atoms with Gasteiger partial charge in [-0.2, -0.15) is 18.3 Å². The first-order valence-corrected chi connectivity index (χ1v) is 7.90. The molecular weight excluding hydrogens is 339 g/mol. The Kier molecular flexibility index (Phi) is 4.80. The van der Waals surface area contributed by atoms with Crippen molar-refractivity contribution in [2.75, 3.05) is 11.9 Å². The molecule has 2 atom stereocenters. The quantitative estimate of drug-likeness (QED) is 0.892. The van der Waals surface area contributed by atoms with Crippen LogP contribution in [-0.4, -0.2) is 38.0 Å². The van der Waals surface area contributed by atoms with Gasteiger partial charge in [0.1, 0.15) is 18.5 Å². The number of amides is 1. The Balaban J connectivity index is 1.68. The molecule has 1 amide bonds. The van der Waals surface area contributed by atoms with E-state index in [2.05, 4.69) is 15.4 Å². The predicted molar refractivity (Wildman–Crippen MR) is 81.6 cm³/mol. The average Bonchev–Trinajstić information content (AvgIpc) is 3.24. The zero-order chi connectivity index (χ0) is 18.0. The Bertz CT molecular complexity index is 740. The van der Waals surface area contributed by atoms with E-state index in [1.807, 2.05) is 17.7 Å².